The molecule has 3 N–H and O–H groups in total. The van der Waals surface area contributed by atoms with Crippen molar-refractivity contribution < 1.29 is 29.6 Å². The van der Waals surface area contributed by atoms with Crippen LogP contribution < -0.4 is 0 Å². The summed E-state index contributed by atoms with van der Waals surface area (Å²) in [6.07, 6.45) is 7.41. The molecule has 0 aliphatic heterocycles. The maximum Gasteiger partial charge on any atom is 0.335 e. The van der Waals surface area contributed by atoms with Gasteiger partial charge >= 0.3 is 5.97 Å². The first-order valence-electron chi connectivity index (χ1n) is 12.3. The highest BCUT2D eigenvalue weighted by molar-refractivity contribution is 5.87. The summed E-state index contributed by atoms with van der Waals surface area (Å²) in [6.45, 7) is 8.11. The predicted octanol–water partition coefficient (Wildman–Crippen LogP) is 4.11. The van der Waals surface area contributed by atoms with E-state index in [-0.39, 0.29) is 36.9 Å². The molecule has 0 aliphatic rings. The molecule has 2 aromatic rings. The molecule has 0 aromatic heterocycles. The number of aliphatic hydroxyl groups excluding tert-OH is 3. The fourth-order valence-electron chi connectivity index (χ4n) is 3.33. The molecule has 1 atom stereocenters. The van der Waals surface area contributed by atoms with Gasteiger partial charge in [-0.15, -0.1) is 0 Å². The minimum atomic E-state index is -0.635. The highest BCUT2D eigenvalue weighted by Gasteiger charge is 2.15. The largest absolute Gasteiger partial charge is 0.462 e. The van der Waals surface area contributed by atoms with Crippen molar-refractivity contribution in [2.45, 2.75) is 51.4 Å². The van der Waals surface area contributed by atoms with Gasteiger partial charge in [-0.05, 0) is 47.9 Å². The zero-order chi connectivity index (χ0) is 26.8. The number of aliphatic hydroxyl groups is 3. The maximum absolute atomic E-state index is 11.6. The van der Waals surface area contributed by atoms with E-state index < -0.39 is 12.6 Å². The Morgan fingerprint density at radius 1 is 0.861 bits per heavy atom. The summed E-state index contributed by atoms with van der Waals surface area (Å²) < 4.78 is 5.12. The Hall–Kier alpha value is -3.06. The highest BCUT2D eigenvalue weighted by atomic mass is 16.5. The van der Waals surface area contributed by atoms with Crippen LogP contribution in [-0.2, 0) is 33.6 Å². The monoisotopic (exact) mass is 496 g/mol. The zero-order valence-electron chi connectivity index (χ0n) is 21.3. The van der Waals surface area contributed by atoms with Gasteiger partial charge in [0.25, 0.3) is 0 Å². The number of carbonyl (C=O) groups is 2. The average Bonchev–Trinajstić information content (AvgIpc) is 2.92. The van der Waals surface area contributed by atoms with Crippen LogP contribution in [0, 0.1) is 0 Å². The molecular weight excluding hydrogens is 456 g/mol. The molecule has 0 spiro atoms. The molecule has 0 fully saturated rings. The molecular formula is C30H40O6. The van der Waals surface area contributed by atoms with Gasteiger partial charge in [0.05, 0.1) is 25.4 Å². The molecule has 36 heavy (non-hydrogen) atoms. The van der Waals surface area contributed by atoms with E-state index in [1.54, 1.807) is 0 Å². The summed E-state index contributed by atoms with van der Waals surface area (Å²) in [5.41, 5.74) is 5.12. The van der Waals surface area contributed by atoms with Gasteiger partial charge in [-0.3, -0.25) is 4.79 Å². The molecule has 6 heteroatoms. The van der Waals surface area contributed by atoms with Gasteiger partial charge in [-0.1, -0.05) is 81.5 Å². The van der Waals surface area contributed by atoms with Crippen LogP contribution in [0.2, 0.25) is 0 Å². The second kappa shape index (κ2) is 18.2. The van der Waals surface area contributed by atoms with Crippen molar-refractivity contribution >= 4 is 12.3 Å². The molecule has 2 aromatic carbocycles. The number of ether oxygens (including phenoxy) is 1. The number of esters is 1. The minimum absolute atomic E-state index is 0.0102. The molecule has 1 unspecified atom stereocenters. The lowest BCUT2D eigenvalue weighted by molar-refractivity contribution is -0.140. The van der Waals surface area contributed by atoms with Crippen LogP contribution >= 0.6 is 0 Å². The number of aryl methyl sites for hydroxylation is 3. The standard InChI is InChI=1S/C26H34O4.C4H6O2/c1-3-4-5-6-21-7-9-22(10-8-21)11-12-23-13-15-24(16-14-23)25(18-28)19-30-26(29)20(2)17-27;1-4(2-5)3-6/h7-10,13-16,25,27-28H,2-6,11-12,17-19H2,1H3;2,6H,1,3H2. The zero-order valence-corrected chi connectivity index (χ0v) is 21.3. The Morgan fingerprint density at radius 2 is 1.39 bits per heavy atom. The summed E-state index contributed by atoms with van der Waals surface area (Å²) in [6, 6.07) is 17.0. The lowest BCUT2D eigenvalue weighted by Gasteiger charge is -2.16. The van der Waals surface area contributed by atoms with Crippen LogP contribution in [0.3, 0.4) is 0 Å². The van der Waals surface area contributed by atoms with Gasteiger partial charge < -0.3 is 20.1 Å². The Morgan fingerprint density at radius 3 is 1.81 bits per heavy atom. The lowest BCUT2D eigenvalue weighted by atomic mass is 9.97. The molecule has 0 aliphatic carbocycles. The SMILES string of the molecule is C=C(C=O)CO.C=C(CO)C(=O)OCC(CO)c1ccc(CCc2ccc(CCCCC)cc2)cc1. The Bertz CT molecular complexity index is 931. The van der Waals surface area contributed by atoms with Crippen LogP contribution in [0.5, 0.6) is 0 Å². The van der Waals surface area contributed by atoms with E-state index in [0.29, 0.717) is 6.29 Å². The van der Waals surface area contributed by atoms with Crippen molar-refractivity contribution in [3.05, 3.63) is 95.1 Å². The lowest BCUT2D eigenvalue weighted by Crippen LogP contribution is -2.17. The number of hydrogen-bond donors (Lipinski definition) is 3. The van der Waals surface area contributed by atoms with Gasteiger partial charge in [0.1, 0.15) is 12.9 Å². The molecule has 196 valence electrons. The van der Waals surface area contributed by atoms with Crippen LogP contribution in [0.4, 0.5) is 0 Å². The normalized spacial score (nSPS) is 11.1. The van der Waals surface area contributed by atoms with Crippen molar-refractivity contribution in [2.75, 3.05) is 26.4 Å². The quantitative estimate of drug-likeness (QED) is 0.148. The third kappa shape index (κ3) is 12.1. The minimum Gasteiger partial charge on any atom is -0.462 e. The second-order valence-corrected chi connectivity index (χ2v) is 8.69. The number of rotatable bonds is 15. The topological polar surface area (TPSA) is 104 Å². The Kier molecular flexibility index (Phi) is 15.7. The van der Waals surface area contributed by atoms with E-state index in [9.17, 15) is 14.7 Å². The average molecular weight is 497 g/mol. The van der Waals surface area contributed by atoms with E-state index in [1.807, 2.05) is 12.1 Å². The van der Waals surface area contributed by atoms with Gasteiger partial charge in [-0.25, -0.2) is 4.79 Å². The Balaban J connectivity index is 0.000000960. The predicted molar refractivity (Wildman–Crippen MR) is 143 cm³/mol. The fourth-order valence-corrected chi connectivity index (χ4v) is 3.33. The molecule has 0 saturated carbocycles. The molecule has 0 bridgehead atoms. The van der Waals surface area contributed by atoms with Crippen molar-refractivity contribution in [1.29, 1.82) is 0 Å². The summed E-state index contributed by atoms with van der Waals surface area (Å²) >= 11 is 0. The van der Waals surface area contributed by atoms with Crippen LogP contribution in [0.25, 0.3) is 0 Å². The van der Waals surface area contributed by atoms with Gasteiger partial charge in [0, 0.05) is 11.5 Å². The molecule has 0 radical (unpaired) electrons. The smallest absolute Gasteiger partial charge is 0.335 e. The van der Waals surface area contributed by atoms with E-state index in [2.05, 4.69) is 56.5 Å². The van der Waals surface area contributed by atoms with E-state index >= 15 is 0 Å². The summed E-state index contributed by atoms with van der Waals surface area (Å²) in [4.78, 5) is 21.1. The molecule has 0 saturated heterocycles. The number of aldehydes is 1. The van der Waals surface area contributed by atoms with Gasteiger partial charge in [-0.2, -0.15) is 0 Å². The number of carbonyl (C=O) groups excluding carboxylic acids is 2. The van der Waals surface area contributed by atoms with E-state index in [1.165, 1.54) is 36.0 Å². The van der Waals surface area contributed by atoms with E-state index in [0.717, 1.165) is 24.8 Å². The van der Waals surface area contributed by atoms with Crippen LogP contribution in [-0.4, -0.2) is 54.0 Å². The van der Waals surface area contributed by atoms with E-state index in [4.69, 9.17) is 14.9 Å². The highest BCUT2D eigenvalue weighted by Crippen LogP contribution is 2.18. The molecule has 0 heterocycles. The first-order chi connectivity index (χ1) is 17.4. The Labute approximate surface area is 215 Å². The first kappa shape index (κ1) is 31.0. The summed E-state index contributed by atoms with van der Waals surface area (Å²) in [7, 11) is 0. The third-order valence-electron chi connectivity index (χ3n) is 5.73. The van der Waals surface area contributed by atoms with Crippen molar-refractivity contribution in [3.63, 3.8) is 0 Å². The second-order valence-electron chi connectivity index (χ2n) is 8.69. The van der Waals surface area contributed by atoms with Crippen molar-refractivity contribution in [3.8, 4) is 0 Å². The van der Waals surface area contributed by atoms with Gasteiger partial charge in [0.2, 0.25) is 0 Å². The van der Waals surface area contributed by atoms with Gasteiger partial charge in [0.15, 0.2) is 0 Å². The number of hydrogen-bond acceptors (Lipinski definition) is 6. The maximum atomic E-state index is 11.6. The third-order valence-corrected chi connectivity index (χ3v) is 5.73. The fraction of sp³-hybridized carbons (Fsp3) is 0.400. The summed E-state index contributed by atoms with van der Waals surface area (Å²) in [5.74, 6) is -0.932. The molecule has 2 rings (SSSR count). The first-order valence-corrected chi connectivity index (χ1v) is 12.3. The van der Waals surface area contributed by atoms with Crippen molar-refractivity contribution in [2.24, 2.45) is 0 Å². The number of unbranched alkanes of at least 4 members (excludes halogenated alkanes) is 2. The van der Waals surface area contributed by atoms with Crippen LogP contribution in [0.1, 0.15) is 54.4 Å². The van der Waals surface area contributed by atoms with Crippen LogP contribution in [0.15, 0.2) is 72.8 Å². The summed E-state index contributed by atoms with van der Waals surface area (Å²) in [5, 5.41) is 26.6. The molecule has 0 amide bonds. The van der Waals surface area contributed by atoms with Crippen molar-refractivity contribution in [1.82, 2.24) is 0 Å². The molecule has 6 nitrogen and oxygen atoms in total. The number of benzene rings is 2.